The number of hydrogen-bond acceptors (Lipinski definition) is 2. The Balaban J connectivity index is 2.11. The van der Waals surface area contributed by atoms with Crippen LogP contribution in [0.3, 0.4) is 0 Å². The van der Waals surface area contributed by atoms with E-state index in [1.165, 1.54) is 0 Å². The van der Waals surface area contributed by atoms with Crippen molar-refractivity contribution >= 4 is 0 Å². The van der Waals surface area contributed by atoms with Crippen LogP contribution in [0.2, 0.25) is 0 Å². The molecule has 0 unspecified atom stereocenters. The molecule has 0 aromatic rings. The van der Waals surface area contributed by atoms with Gasteiger partial charge in [-0.05, 0) is 6.54 Å². The van der Waals surface area contributed by atoms with E-state index < -0.39 is 5.92 Å². The molecule has 0 radical (unpaired) electrons. The van der Waals surface area contributed by atoms with Crippen LogP contribution in [0.5, 0.6) is 0 Å². The van der Waals surface area contributed by atoms with Crippen LogP contribution in [-0.2, 0) is 4.74 Å². The summed E-state index contributed by atoms with van der Waals surface area (Å²) >= 11 is 0. The molecule has 2 nitrogen and oxygen atoms in total. The van der Waals surface area contributed by atoms with E-state index in [-0.39, 0.29) is 23.7 Å². The number of rotatable bonds is 2. The van der Waals surface area contributed by atoms with Gasteiger partial charge in [-0.1, -0.05) is 6.92 Å². The van der Waals surface area contributed by atoms with Gasteiger partial charge in [-0.2, -0.15) is 0 Å². The molecular formula is C9H15F2NO. The minimum Gasteiger partial charge on any atom is -0.380 e. The number of nitrogens with two attached hydrogens (primary N) is 1. The van der Waals surface area contributed by atoms with E-state index in [4.69, 9.17) is 10.5 Å². The van der Waals surface area contributed by atoms with Crippen LogP contribution in [0, 0.1) is 10.8 Å². The van der Waals surface area contributed by atoms with Gasteiger partial charge < -0.3 is 10.5 Å². The Morgan fingerprint density at radius 3 is 2.08 bits per heavy atom. The average molecular weight is 191 g/mol. The van der Waals surface area contributed by atoms with Crippen LogP contribution in [-0.4, -0.2) is 25.7 Å². The van der Waals surface area contributed by atoms with Crippen LogP contribution in [0.25, 0.3) is 0 Å². The van der Waals surface area contributed by atoms with Crippen molar-refractivity contribution in [3.63, 3.8) is 0 Å². The third-order valence-corrected chi connectivity index (χ3v) is 3.71. The van der Waals surface area contributed by atoms with E-state index >= 15 is 0 Å². The molecule has 76 valence electrons. The molecule has 4 heteroatoms. The number of halogens is 2. The fraction of sp³-hybridized carbons (Fsp3) is 1.00. The molecule has 1 heterocycles. The van der Waals surface area contributed by atoms with Crippen LogP contribution in [0.4, 0.5) is 8.78 Å². The van der Waals surface area contributed by atoms with E-state index in [2.05, 4.69) is 0 Å². The highest BCUT2D eigenvalue weighted by molar-refractivity contribution is 5.10. The van der Waals surface area contributed by atoms with Crippen molar-refractivity contribution in [2.75, 3.05) is 19.8 Å². The first-order valence-corrected chi connectivity index (χ1v) is 4.59. The molecule has 1 saturated carbocycles. The topological polar surface area (TPSA) is 35.2 Å². The van der Waals surface area contributed by atoms with Crippen molar-refractivity contribution < 1.29 is 13.5 Å². The second-order valence-electron chi connectivity index (χ2n) is 4.75. The summed E-state index contributed by atoms with van der Waals surface area (Å²) in [6.45, 7) is 3.52. The first-order valence-electron chi connectivity index (χ1n) is 4.59. The Hall–Kier alpha value is -0.220. The van der Waals surface area contributed by atoms with Gasteiger partial charge in [-0.3, -0.25) is 0 Å². The second-order valence-corrected chi connectivity index (χ2v) is 4.75. The van der Waals surface area contributed by atoms with E-state index in [0.29, 0.717) is 19.8 Å². The molecule has 0 aromatic heterocycles. The maximum atomic E-state index is 12.8. The lowest BCUT2D eigenvalue weighted by Crippen LogP contribution is -2.65. The molecule has 13 heavy (non-hydrogen) atoms. The Morgan fingerprint density at radius 2 is 1.85 bits per heavy atom. The predicted molar refractivity (Wildman–Crippen MR) is 44.6 cm³/mol. The van der Waals surface area contributed by atoms with E-state index in [1.807, 2.05) is 6.92 Å². The normalized spacial score (nSPS) is 33.2. The lowest BCUT2D eigenvalue weighted by atomic mass is 9.51. The molecular weight excluding hydrogens is 176 g/mol. The van der Waals surface area contributed by atoms with Gasteiger partial charge in [-0.25, -0.2) is 8.78 Å². The van der Waals surface area contributed by atoms with E-state index in [0.717, 1.165) is 0 Å². The zero-order valence-electron chi connectivity index (χ0n) is 7.78. The van der Waals surface area contributed by atoms with Crippen LogP contribution in [0.15, 0.2) is 0 Å². The quantitative estimate of drug-likeness (QED) is 0.716. The van der Waals surface area contributed by atoms with Gasteiger partial charge in [0.05, 0.1) is 13.2 Å². The monoisotopic (exact) mass is 191 g/mol. The minimum absolute atomic E-state index is 0.0592. The molecule has 2 fully saturated rings. The highest BCUT2D eigenvalue weighted by Crippen LogP contribution is 2.62. The molecule has 1 saturated heterocycles. The Bertz CT molecular complexity index is 218. The van der Waals surface area contributed by atoms with Gasteiger partial charge in [0.2, 0.25) is 5.92 Å². The lowest BCUT2D eigenvalue weighted by molar-refractivity contribution is -0.265. The van der Waals surface area contributed by atoms with E-state index in [1.54, 1.807) is 0 Å². The molecule has 0 bridgehead atoms. The van der Waals surface area contributed by atoms with Crippen LogP contribution < -0.4 is 5.73 Å². The standard InChI is InChI=1S/C9H15F2NO/c1-7(5-13-6-7)8(4-12)2-9(10,11)3-8/h2-6,12H2,1H3. The molecule has 0 aromatic carbocycles. The largest absolute Gasteiger partial charge is 0.380 e. The molecule has 0 amide bonds. The number of alkyl halides is 2. The second kappa shape index (κ2) is 2.42. The third-order valence-electron chi connectivity index (χ3n) is 3.71. The summed E-state index contributed by atoms with van der Waals surface area (Å²) in [6, 6.07) is 0. The molecule has 2 rings (SSSR count). The van der Waals surface area contributed by atoms with Crippen molar-refractivity contribution in [1.29, 1.82) is 0 Å². The Kier molecular flexibility index (Phi) is 1.74. The van der Waals surface area contributed by atoms with Gasteiger partial charge in [0.25, 0.3) is 0 Å². The maximum Gasteiger partial charge on any atom is 0.249 e. The zero-order chi connectivity index (χ0) is 9.74. The Labute approximate surface area is 76.4 Å². The highest BCUT2D eigenvalue weighted by atomic mass is 19.3. The molecule has 2 aliphatic rings. The molecule has 0 atom stereocenters. The first kappa shape index (κ1) is 9.34. The van der Waals surface area contributed by atoms with Crippen molar-refractivity contribution in [2.45, 2.75) is 25.7 Å². The fourth-order valence-electron chi connectivity index (χ4n) is 2.47. The third kappa shape index (κ3) is 1.12. The molecule has 1 aliphatic carbocycles. The summed E-state index contributed by atoms with van der Waals surface area (Å²) < 4.78 is 30.7. The summed E-state index contributed by atoms with van der Waals surface area (Å²) in [5, 5.41) is 0. The molecule has 1 aliphatic heterocycles. The van der Waals surface area contributed by atoms with Gasteiger partial charge in [0, 0.05) is 23.7 Å². The van der Waals surface area contributed by atoms with E-state index in [9.17, 15) is 8.78 Å². The Morgan fingerprint density at radius 1 is 1.31 bits per heavy atom. The van der Waals surface area contributed by atoms with Crippen molar-refractivity contribution in [2.24, 2.45) is 16.6 Å². The molecule has 0 spiro atoms. The average Bonchev–Trinajstić information content (AvgIpc) is 1.94. The van der Waals surface area contributed by atoms with Gasteiger partial charge in [0.1, 0.15) is 0 Å². The van der Waals surface area contributed by atoms with Crippen molar-refractivity contribution in [1.82, 2.24) is 0 Å². The summed E-state index contributed by atoms with van der Waals surface area (Å²) in [6.07, 6.45) is -0.118. The smallest absolute Gasteiger partial charge is 0.249 e. The molecule has 2 N–H and O–H groups in total. The zero-order valence-corrected chi connectivity index (χ0v) is 7.78. The first-order chi connectivity index (χ1) is 5.93. The van der Waals surface area contributed by atoms with Crippen molar-refractivity contribution in [3.05, 3.63) is 0 Å². The highest BCUT2D eigenvalue weighted by Gasteiger charge is 2.65. The van der Waals surface area contributed by atoms with Crippen LogP contribution >= 0.6 is 0 Å². The SMILES string of the molecule is CC1(C2(CN)CC(F)(F)C2)COC1. The van der Waals surface area contributed by atoms with Crippen molar-refractivity contribution in [3.8, 4) is 0 Å². The summed E-state index contributed by atoms with van der Waals surface area (Å²) in [7, 11) is 0. The number of hydrogen-bond donors (Lipinski definition) is 1. The predicted octanol–water partition coefficient (Wildman–Crippen LogP) is 1.40. The van der Waals surface area contributed by atoms with Gasteiger partial charge in [-0.15, -0.1) is 0 Å². The summed E-state index contributed by atoms with van der Waals surface area (Å²) in [5.74, 6) is -2.49. The van der Waals surface area contributed by atoms with Gasteiger partial charge >= 0.3 is 0 Å². The van der Waals surface area contributed by atoms with Crippen LogP contribution in [0.1, 0.15) is 19.8 Å². The lowest BCUT2D eigenvalue weighted by Gasteiger charge is -2.60. The minimum atomic E-state index is -2.49. The van der Waals surface area contributed by atoms with Gasteiger partial charge in [0.15, 0.2) is 0 Å². The summed E-state index contributed by atoms with van der Waals surface area (Å²) in [4.78, 5) is 0. The number of ether oxygens (including phenoxy) is 1. The fourth-order valence-corrected chi connectivity index (χ4v) is 2.47. The maximum absolute atomic E-state index is 12.8. The summed E-state index contributed by atoms with van der Waals surface area (Å²) in [5.41, 5.74) is 5.12.